The van der Waals surface area contributed by atoms with Crippen molar-refractivity contribution in [2.75, 3.05) is 38.2 Å². The van der Waals surface area contributed by atoms with Crippen LogP contribution >= 0.6 is 26.8 Å². The zero-order valence-electron chi connectivity index (χ0n) is 17.4. The standard InChI is InChI=1S/C16H25ClN4O10P2/c1-29-12(7-31-33(27,28)8-32(24,25)26)15(23)14(22)11-5-18-16-10(4-13(17)20-21(11)16)19-9-2-3-30-6-9/h4-5,9,12,14-15,19,22-23H,2-3,6-8H2,1H3,(H,27,28)(H2,24,25,26)/t9-,12-,14+,15-/m1/s1. The molecule has 0 amide bonds. The van der Waals surface area contributed by atoms with Crippen molar-refractivity contribution in [2.24, 2.45) is 0 Å². The molecule has 0 aromatic carbocycles. The van der Waals surface area contributed by atoms with Gasteiger partial charge in [0.25, 0.3) is 0 Å². The number of aliphatic hydroxyl groups excluding tert-OH is 2. The van der Waals surface area contributed by atoms with E-state index in [-0.39, 0.29) is 16.9 Å². The van der Waals surface area contributed by atoms with Crippen molar-refractivity contribution in [3.05, 3.63) is 23.1 Å². The lowest BCUT2D eigenvalue weighted by molar-refractivity contribution is -0.0926. The van der Waals surface area contributed by atoms with Gasteiger partial charge in [-0.05, 0) is 6.42 Å². The molecule has 3 heterocycles. The highest BCUT2D eigenvalue weighted by molar-refractivity contribution is 7.70. The average molecular weight is 531 g/mol. The Kier molecular flexibility index (Phi) is 8.52. The van der Waals surface area contributed by atoms with Crippen LogP contribution in [0, 0.1) is 0 Å². The molecule has 0 spiro atoms. The Morgan fingerprint density at radius 1 is 1.36 bits per heavy atom. The molecule has 1 aliphatic heterocycles. The highest BCUT2D eigenvalue weighted by Crippen LogP contribution is 2.55. The van der Waals surface area contributed by atoms with Crippen LogP contribution in [0.3, 0.4) is 0 Å². The van der Waals surface area contributed by atoms with E-state index in [4.69, 9.17) is 30.9 Å². The van der Waals surface area contributed by atoms with Crippen LogP contribution in [0.4, 0.5) is 5.69 Å². The Labute approximate surface area is 193 Å². The van der Waals surface area contributed by atoms with E-state index in [2.05, 4.69) is 19.9 Å². The number of aromatic nitrogens is 3. The number of hydrogen-bond donors (Lipinski definition) is 6. The van der Waals surface area contributed by atoms with Crippen molar-refractivity contribution in [1.82, 2.24) is 14.6 Å². The molecule has 1 fully saturated rings. The Morgan fingerprint density at radius 2 is 2.09 bits per heavy atom. The molecular formula is C16H25ClN4O10P2. The minimum absolute atomic E-state index is 0.0419. The maximum absolute atomic E-state index is 11.8. The van der Waals surface area contributed by atoms with E-state index in [0.717, 1.165) is 13.5 Å². The Bertz CT molecular complexity index is 1060. The quantitative estimate of drug-likeness (QED) is 0.217. The monoisotopic (exact) mass is 530 g/mol. The van der Waals surface area contributed by atoms with Crippen LogP contribution < -0.4 is 5.32 Å². The SMILES string of the molecule is CO[C@H](COP(=O)(O)CP(=O)(O)O)[C@@H](O)[C@@H](O)c1cnc2c(N[C@@H]3CCOC3)cc(Cl)nn12. The van der Waals surface area contributed by atoms with Gasteiger partial charge < -0.3 is 44.2 Å². The summed E-state index contributed by atoms with van der Waals surface area (Å²) >= 11 is 6.12. The Hall–Kier alpha value is -1.15. The second-order valence-corrected chi connectivity index (χ2v) is 11.8. The van der Waals surface area contributed by atoms with Crippen LogP contribution in [0.15, 0.2) is 12.3 Å². The molecule has 1 unspecified atom stereocenters. The van der Waals surface area contributed by atoms with Crippen LogP contribution in [0.2, 0.25) is 5.15 Å². The van der Waals surface area contributed by atoms with E-state index in [0.29, 0.717) is 24.5 Å². The molecule has 3 rings (SSSR count). The van der Waals surface area contributed by atoms with Crippen molar-refractivity contribution in [3.8, 4) is 0 Å². The summed E-state index contributed by atoms with van der Waals surface area (Å²) in [5.74, 6) is -1.40. The molecule has 2 aromatic heterocycles. The molecule has 1 aliphatic rings. The number of anilines is 1. The number of rotatable bonds is 11. The second-order valence-electron chi connectivity index (χ2n) is 7.45. The zero-order chi connectivity index (χ0) is 24.4. The third-order valence-electron chi connectivity index (χ3n) is 4.87. The number of halogens is 1. The topological polar surface area (TPSA) is 205 Å². The molecule has 0 saturated carbocycles. The van der Waals surface area contributed by atoms with Gasteiger partial charge in [-0.25, -0.2) is 9.50 Å². The third kappa shape index (κ3) is 6.93. The van der Waals surface area contributed by atoms with Crippen LogP contribution in [0.25, 0.3) is 5.65 Å². The average Bonchev–Trinajstić information content (AvgIpc) is 3.35. The van der Waals surface area contributed by atoms with Gasteiger partial charge in [0.05, 0.1) is 36.8 Å². The first kappa shape index (κ1) is 26.5. The number of imidazole rings is 1. The summed E-state index contributed by atoms with van der Waals surface area (Å²) in [7, 11) is -8.35. The van der Waals surface area contributed by atoms with Crippen molar-refractivity contribution < 1.29 is 48.0 Å². The lowest BCUT2D eigenvalue weighted by Gasteiger charge is -2.26. The third-order valence-corrected chi connectivity index (χ3v) is 8.51. The highest BCUT2D eigenvalue weighted by atomic mass is 35.5. The van der Waals surface area contributed by atoms with Crippen molar-refractivity contribution in [2.45, 2.75) is 30.8 Å². The molecule has 0 aliphatic carbocycles. The first-order chi connectivity index (χ1) is 15.4. The van der Waals surface area contributed by atoms with Crippen LogP contribution in [0.5, 0.6) is 0 Å². The maximum atomic E-state index is 11.8. The Morgan fingerprint density at radius 3 is 2.70 bits per heavy atom. The fourth-order valence-corrected chi connectivity index (χ4v) is 6.03. The van der Waals surface area contributed by atoms with Gasteiger partial charge in [0.2, 0.25) is 0 Å². The van der Waals surface area contributed by atoms with E-state index in [1.54, 1.807) is 6.07 Å². The number of hydrogen-bond acceptors (Lipinski definition) is 10. The molecule has 6 N–H and O–H groups in total. The first-order valence-electron chi connectivity index (χ1n) is 9.68. The number of fused-ring (bicyclic) bond motifs is 1. The van der Waals surface area contributed by atoms with Crippen LogP contribution in [-0.2, 0) is 23.1 Å². The van der Waals surface area contributed by atoms with Gasteiger partial charge in [-0.15, -0.1) is 0 Å². The van der Waals surface area contributed by atoms with E-state index in [1.807, 2.05) is 0 Å². The fraction of sp³-hybridized carbons (Fsp3) is 0.625. The lowest BCUT2D eigenvalue weighted by Crippen LogP contribution is -2.37. The molecule has 33 heavy (non-hydrogen) atoms. The number of nitrogens with one attached hydrogen (secondary N) is 1. The molecule has 1 saturated heterocycles. The summed E-state index contributed by atoms with van der Waals surface area (Å²) < 4.78 is 39.1. The van der Waals surface area contributed by atoms with E-state index < -0.39 is 46.0 Å². The van der Waals surface area contributed by atoms with Crippen LogP contribution in [0.1, 0.15) is 18.2 Å². The molecule has 14 nitrogen and oxygen atoms in total. The van der Waals surface area contributed by atoms with Crippen LogP contribution in [-0.4, -0.2) is 90.6 Å². The maximum Gasteiger partial charge on any atom is 0.340 e. The largest absolute Gasteiger partial charge is 0.387 e. The zero-order valence-corrected chi connectivity index (χ0v) is 19.9. The summed E-state index contributed by atoms with van der Waals surface area (Å²) in [5, 5.41) is 28.8. The minimum Gasteiger partial charge on any atom is -0.387 e. The van der Waals surface area contributed by atoms with Gasteiger partial charge in [-0.2, -0.15) is 5.10 Å². The molecule has 0 radical (unpaired) electrons. The molecule has 186 valence electrons. The fourth-order valence-electron chi connectivity index (χ4n) is 3.28. The smallest absolute Gasteiger partial charge is 0.340 e. The predicted molar refractivity (Wildman–Crippen MR) is 115 cm³/mol. The second kappa shape index (κ2) is 10.6. The number of aliphatic hydroxyl groups is 2. The number of nitrogens with zero attached hydrogens (tertiary/aromatic N) is 3. The first-order valence-corrected chi connectivity index (χ1v) is 13.6. The van der Waals surface area contributed by atoms with E-state index in [9.17, 15) is 24.2 Å². The van der Waals surface area contributed by atoms with Gasteiger partial charge >= 0.3 is 15.2 Å². The molecule has 5 atom stereocenters. The summed E-state index contributed by atoms with van der Waals surface area (Å²) in [4.78, 5) is 31.6. The van der Waals surface area contributed by atoms with Gasteiger partial charge in [0.1, 0.15) is 18.3 Å². The van der Waals surface area contributed by atoms with Gasteiger partial charge in [0, 0.05) is 19.8 Å². The van der Waals surface area contributed by atoms with Gasteiger partial charge in [-0.3, -0.25) is 9.13 Å². The predicted octanol–water partition coefficient (Wildman–Crippen LogP) is 0.330. The van der Waals surface area contributed by atoms with E-state index >= 15 is 0 Å². The van der Waals surface area contributed by atoms with Crippen molar-refractivity contribution >= 4 is 38.1 Å². The minimum atomic E-state index is -4.82. The van der Waals surface area contributed by atoms with Gasteiger partial charge in [-0.1, -0.05) is 11.6 Å². The van der Waals surface area contributed by atoms with Crippen molar-refractivity contribution in [3.63, 3.8) is 0 Å². The highest BCUT2D eigenvalue weighted by Gasteiger charge is 2.35. The summed E-state index contributed by atoms with van der Waals surface area (Å²) in [6, 6.07) is 1.61. The lowest BCUT2D eigenvalue weighted by atomic mass is 10.1. The Balaban J connectivity index is 1.77. The molecule has 17 heteroatoms. The number of methoxy groups -OCH3 is 1. The normalized spacial score (nSPS) is 21.6. The molecule has 0 bridgehead atoms. The molecular weight excluding hydrogens is 506 g/mol. The summed E-state index contributed by atoms with van der Waals surface area (Å²) in [6.07, 6.45) is -2.60. The number of ether oxygens (including phenoxy) is 2. The van der Waals surface area contributed by atoms with E-state index in [1.165, 1.54) is 10.7 Å². The molecule has 2 aromatic rings. The summed E-state index contributed by atoms with van der Waals surface area (Å²) in [5.41, 5.74) is 0.929. The summed E-state index contributed by atoms with van der Waals surface area (Å²) in [6.45, 7) is 0.391. The van der Waals surface area contributed by atoms with Crippen molar-refractivity contribution in [1.29, 1.82) is 0 Å². The van der Waals surface area contributed by atoms with Gasteiger partial charge in [0.15, 0.2) is 16.7 Å².